The molecular weight excluding hydrogens is 228 g/mol. The number of ether oxygens (including phenoxy) is 1. The van der Waals surface area contributed by atoms with Crippen LogP contribution in [0.1, 0.15) is 47.5 Å². The zero-order valence-corrected chi connectivity index (χ0v) is 13.3. The van der Waals surface area contributed by atoms with Crippen LogP contribution in [0.2, 0.25) is 12.1 Å². The predicted octanol–water partition coefficient (Wildman–Crippen LogP) is 4.00. The highest BCUT2D eigenvalue weighted by Crippen LogP contribution is 2.35. The maximum Gasteiger partial charge on any atom is 0.221 e. The van der Waals surface area contributed by atoms with E-state index in [4.69, 9.17) is 9.16 Å². The van der Waals surface area contributed by atoms with Crippen LogP contribution in [0.5, 0.6) is 0 Å². The molecule has 3 heteroatoms. The molecule has 1 fully saturated rings. The van der Waals surface area contributed by atoms with Crippen molar-refractivity contribution >= 4 is 8.32 Å². The molecule has 0 N–H and O–H groups in total. The molecule has 0 aromatic heterocycles. The smallest absolute Gasteiger partial charge is 0.221 e. The molecule has 1 aliphatic heterocycles. The first kappa shape index (κ1) is 15.2. The summed E-state index contributed by atoms with van der Waals surface area (Å²) in [6.07, 6.45) is 2.45. The first-order chi connectivity index (χ1) is 8.00. The van der Waals surface area contributed by atoms with E-state index in [-0.39, 0.29) is 0 Å². The van der Waals surface area contributed by atoms with Gasteiger partial charge in [0.25, 0.3) is 0 Å². The van der Waals surface area contributed by atoms with E-state index in [1.807, 2.05) is 0 Å². The molecule has 1 unspecified atom stereocenters. The van der Waals surface area contributed by atoms with Gasteiger partial charge in [-0.3, -0.25) is 0 Å². The lowest BCUT2D eigenvalue weighted by molar-refractivity contribution is 0.131. The van der Waals surface area contributed by atoms with Crippen molar-refractivity contribution in [2.24, 2.45) is 11.8 Å². The van der Waals surface area contributed by atoms with E-state index in [2.05, 4.69) is 34.6 Å². The SMILES string of the molecule is CCO[Si](CC(C)C)(CC(C)C)C1CCCO1. The zero-order valence-electron chi connectivity index (χ0n) is 12.3. The Balaban J connectivity index is 2.82. The van der Waals surface area contributed by atoms with Gasteiger partial charge in [0.05, 0.1) is 5.73 Å². The van der Waals surface area contributed by atoms with Gasteiger partial charge in [-0.2, -0.15) is 0 Å². The lowest BCUT2D eigenvalue weighted by atomic mass is 10.3. The summed E-state index contributed by atoms with van der Waals surface area (Å²) < 4.78 is 12.4. The quantitative estimate of drug-likeness (QED) is 0.643. The Morgan fingerprint density at radius 1 is 1.18 bits per heavy atom. The third-order valence-electron chi connectivity index (χ3n) is 3.46. The molecule has 1 atom stereocenters. The van der Waals surface area contributed by atoms with Gasteiger partial charge in [0.1, 0.15) is 0 Å². The van der Waals surface area contributed by atoms with Gasteiger partial charge >= 0.3 is 0 Å². The van der Waals surface area contributed by atoms with Gasteiger partial charge in [0.15, 0.2) is 0 Å². The highest BCUT2D eigenvalue weighted by Gasteiger charge is 2.46. The Morgan fingerprint density at radius 2 is 1.76 bits per heavy atom. The van der Waals surface area contributed by atoms with Crippen molar-refractivity contribution in [1.82, 2.24) is 0 Å². The normalized spacial score (nSPS) is 21.7. The van der Waals surface area contributed by atoms with Crippen LogP contribution in [-0.4, -0.2) is 27.3 Å². The third-order valence-corrected chi connectivity index (χ3v) is 8.96. The number of rotatable bonds is 7. The summed E-state index contributed by atoms with van der Waals surface area (Å²) in [5.74, 6) is 1.44. The van der Waals surface area contributed by atoms with E-state index >= 15 is 0 Å². The minimum atomic E-state index is -1.71. The van der Waals surface area contributed by atoms with Gasteiger partial charge in [-0.15, -0.1) is 0 Å². The van der Waals surface area contributed by atoms with Crippen LogP contribution in [0.15, 0.2) is 0 Å². The minimum Gasteiger partial charge on any atom is -0.414 e. The fourth-order valence-corrected chi connectivity index (χ4v) is 8.82. The molecule has 0 aromatic rings. The molecule has 0 amide bonds. The summed E-state index contributed by atoms with van der Waals surface area (Å²) in [6, 6.07) is 2.51. The van der Waals surface area contributed by atoms with Crippen LogP contribution in [0.4, 0.5) is 0 Å². The second-order valence-electron chi connectivity index (χ2n) is 6.20. The molecule has 0 aromatic carbocycles. The summed E-state index contributed by atoms with van der Waals surface area (Å²) in [5.41, 5.74) is 0.451. The number of hydrogen-bond acceptors (Lipinski definition) is 2. The van der Waals surface area contributed by atoms with E-state index in [1.54, 1.807) is 0 Å². The van der Waals surface area contributed by atoms with Crippen molar-refractivity contribution in [2.75, 3.05) is 13.2 Å². The van der Waals surface area contributed by atoms with E-state index < -0.39 is 8.32 Å². The highest BCUT2D eigenvalue weighted by atomic mass is 28.4. The van der Waals surface area contributed by atoms with Crippen molar-refractivity contribution in [3.63, 3.8) is 0 Å². The molecule has 0 aliphatic carbocycles. The maximum absolute atomic E-state index is 6.35. The van der Waals surface area contributed by atoms with Crippen molar-refractivity contribution in [3.05, 3.63) is 0 Å². The second kappa shape index (κ2) is 6.91. The topological polar surface area (TPSA) is 18.5 Å². The number of hydrogen-bond donors (Lipinski definition) is 0. The molecule has 0 saturated carbocycles. The molecular formula is C14H30O2Si. The molecule has 1 rings (SSSR count). The lowest BCUT2D eigenvalue weighted by Crippen LogP contribution is -2.52. The van der Waals surface area contributed by atoms with Gasteiger partial charge in [-0.05, 0) is 43.7 Å². The molecule has 1 aliphatic rings. The van der Waals surface area contributed by atoms with Crippen LogP contribution < -0.4 is 0 Å². The molecule has 17 heavy (non-hydrogen) atoms. The van der Waals surface area contributed by atoms with Gasteiger partial charge < -0.3 is 9.16 Å². The fourth-order valence-electron chi connectivity index (χ4n) is 3.22. The van der Waals surface area contributed by atoms with E-state index in [0.29, 0.717) is 5.73 Å². The van der Waals surface area contributed by atoms with Crippen molar-refractivity contribution in [1.29, 1.82) is 0 Å². The molecule has 0 spiro atoms. The van der Waals surface area contributed by atoms with Crippen molar-refractivity contribution in [2.45, 2.75) is 65.3 Å². The Morgan fingerprint density at radius 3 is 2.12 bits per heavy atom. The molecule has 0 radical (unpaired) electrons. The molecule has 1 saturated heterocycles. The summed E-state index contributed by atoms with van der Waals surface area (Å²) in [7, 11) is -1.71. The van der Waals surface area contributed by atoms with Crippen molar-refractivity contribution in [3.8, 4) is 0 Å². The first-order valence-corrected chi connectivity index (χ1v) is 9.65. The predicted molar refractivity (Wildman–Crippen MR) is 75.6 cm³/mol. The average molecular weight is 258 g/mol. The van der Waals surface area contributed by atoms with Crippen molar-refractivity contribution < 1.29 is 9.16 Å². The first-order valence-electron chi connectivity index (χ1n) is 7.25. The van der Waals surface area contributed by atoms with E-state index in [9.17, 15) is 0 Å². The van der Waals surface area contributed by atoms with Crippen LogP contribution in [0.25, 0.3) is 0 Å². The summed E-state index contributed by atoms with van der Waals surface area (Å²) >= 11 is 0. The van der Waals surface area contributed by atoms with Gasteiger partial charge in [0.2, 0.25) is 8.32 Å². The Bertz CT molecular complexity index is 200. The monoisotopic (exact) mass is 258 g/mol. The Kier molecular flexibility index (Phi) is 6.17. The fraction of sp³-hybridized carbons (Fsp3) is 1.00. The van der Waals surface area contributed by atoms with E-state index in [1.165, 1.54) is 24.9 Å². The van der Waals surface area contributed by atoms with Crippen LogP contribution in [0, 0.1) is 11.8 Å². The summed E-state index contributed by atoms with van der Waals surface area (Å²) in [4.78, 5) is 0. The second-order valence-corrected chi connectivity index (χ2v) is 10.1. The molecule has 2 nitrogen and oxygen atoms in total. The van der Waals surface area contributed by atoms with Crippen LogP contribution >= 0.6 is 0 Å². The van der Waals surface area contributed by atoms with Gasteiger partial charge in [0, 0.05) is 13.2 Å². The summed E-state index contributed by atoms with van der Waals surface area (Å²) in [5, 5.41) is 0. The highest BCUT2D eigenvalue weighted by molar-refractivity contribution is 6.75. The largest absolute Gasteiger partial charge is 0.414 e. The molecule has 102 valence electrons. The Hall–Kier alpha value is 0.137. The third kappa shape index (κ3) is 4.38. The van der Waals surface area contributed by atoms with E-state index in [0.717, 1.165) is 25.0 Å². The zero-order chi connectivity index (χ0) is 12.9. The summed E-state index contributed by atoms with van der Waals surface area (Å²) in [6.45, 7) is 13.2. The maximum atomic E-state index is 6.35. The molecule has 0 bridgehead atoms. The minimum absolute atomic E-state index is 0.451. The lowest BCUT2D eigenvalue weighted by Gasteiger charge is -2.38. The van der Waals surface area contributed by atoms with Gasteiger partial charge in [-0.1, -0.05) is 27.7 Å². The van der Waals surface area contributed by atoms with Gasteiger partial charge in [-0.25, -0.2) is 0 Å². The standard InChI is InChI=1S/C14H30O2Si/c1-6-16-17(10-12(2)3,11-13(4)5)14-8-7-9-15-14/h12-14H,6-11H2,1-5H3. The van der Waals surface area contributed by atoms with Crippen LogP contribution in [0.3, 0.4) is 0 Å². The molecule has 1 heterocycles. The van der Waals surface area contributed by atoms with Crippen LogP contribution in [-0.2, 0) is 9.16 Å². The Labute approximate surface area is 108 Å². The average Bonchev–Trinajstić information content (AvgIpc) is 2.68.